The molecule has 0 aromatic rings. The summed E-state index contributed by atoms with van der Waals surface area (Å²) in [6.45, 7) is 11.2. The van der Waals surface area contributed by atoms with Gasteiger partial charge in [0, 0.05) is 19.1 Å². The van der Waals surface area contributed by atoms with E-state index in [-0.39, 0.29) is 11.9 Å². The molecule has 3 N–H and O–H groups in total. The van der Waals surface area contributed by atoms with Crippen molar-refractivity contribution in [2.24, 2.45) is 11.7 Å². The average Bonchev–Trinajstić information content (AvgIpc) is 2.27. The first-order chi connectivity index (χ1) is 8.37. The number of nitrogens with one attached hydrogen (secondary N) is 1. The third-order valence-corrected chi connectivity index (χ3v) is 3.87. The van der Waals surface area contributed by atoms with Gasteiger partial charge < -0.3 is 16.0 Å². The summed E-state index contributed by atoms with van der Waals surface area (Å²) in [7, 11) is 0. The molecule has 0 aromatic carbocycles. The van der Waals surface area contributed by atoms with Gasteiger partial charge in [0.25, 0.3) is 0 Å². The fourth-order valence-corrected chi connectivity index (χ4v) is 2.91. The molecule has 4 heteroatoms. The van der Waals surface area contributed by atoms with Crippen LogP contribution in [-0.2, 0) is 4.79 Å². The van der Waals surface area contributed by atoms with Crippen molar-refractivity contribution in [3.63, 3.8) is 0 Å². The van der Waals surface area contributed by atoms with E-state index < -0.39 is 5.54 Å². The molecule has 18 heavy (non-hydrogen) atoms. The van der Waals surface area contributed by atoms with Gasteiger partial charge in [0.15, 0.2) is 0 Å². The van der Waals surface area contributed by atoms with Crippen molar-refractivity contribution in [3.8, 4) is 0 Å². The highest BCUT2D eigenvalue weighted by Crippen LogP contribution is 2.21. The number of hydrogen-bond donors (Lipinski definition) is 2. The second-order valence-electron chi connectivity index (χ2n) is 6.15. The first kappa shape index (κ1) is 15.4. The van der Waals surface area contributed by atoms with E-state index in [1.807, 2.05) is 20.8 Å². The van der Waals surface area contributed by atoms with Gasteiger partial charge in [-0.25, -0.2) is 0 Å². The summed E-state index contributed by atoms with van der Waals surface area (Å²) in [5.41, 5.74) is 4.95. The van der Waals surface area contributed by atoms with E-state index in [0.717, 1.165) is 25.6 Å². The topological polar surface area (TPSA) is 58.4 Å². The summed E-state index contributed by atoms with van der Waals surface area (Å²) in [6.07, 6.45) is 3.77. The molecular weight excluding hydrogens is 226 g/mol. The van der Waals surface area contributed by atoms with Crippen molar-refractivity contribution >= 4 is 5.91 Å². The van der Waals surface area contributed by atoms with Crippen molar-refractivity contribution in [1.29, 1.82) is 0 Å². The summed E-state index contributed by atoms with van der Waals surface area (Å²) < 4.78 is 0. The molecular formula is C14H29N3O. The van der Waals surface area contributed by atoms with E-state index in [0.29, 0.717) is 0 Å². The van der Waals surface area contributed by atoms with Gasteiger partial charge in [0.2, 0.25) is 5.91 Å². The zero-order valence-electron chi connectivity index (χ0n) is 12.3. The Morgan fingerprint density at radius 2 is 2.22 bits per heavy atom. The van der Waals surface area contributed by atoms with Gasteiger partial charge in [-0.3, -0.25) is 4.79 Å². The van der Waals surface area contributed by atoms with Gasteiger partial charge in [0.1, 0.15) is 5.54 Å². The van der Waals surface area contributed by atoms with Gasteiger partial charge in [-0.2, -0.15) is 0 Å². The highest BCUT2D eigenvalue weighted by atomic mass is 16.1. The summed E-state index contributed by atoms with van der Waals surface area (Å²) in [6, 6.07) is 0.259. The zero-order valence-corrected chi connectivity index (χ0v) is 12.3. The highest BCUT2D eigenvalue weighted by Gasteiger charge is 2.34. The van der Waals surface area contributed by atoms with Crippen molar-refractivity contribution in [1.82, 2.24) is 10.2 Å². The van der Waals surface area contributed by atoms with Crippen LogP contribution in [0, 0.1) is 5.92 Å². The van der Waals surface area contributed by atoms with Crippen LogP contribution in [0.1, 0.15) is 47.0 Å². The molecule has 1 amide bonds. The van der Waals surface area contributed by atoms with E-state index in [1.54, 1.807) is 0 Å². The second-order valence-corrected chi connectivity index (χ2v) is 6.15. The van der Waals surface area contributed by atoms with E-state index in [9.17, 15) is 4.79 Å². The first-order valence-corrected chi connectivity index (χ1v) is 7.17. The number of hydrogen-bond acceptors (Lipinski definition) is 3. The average molecular weight is 255 g/mol. The molecule has 0 bridgehead atoms. The predicted molar refractivity (Wildman–Crippen MR) is 75.3 cm³/mol. The smallest absolute Gasteiger partial charge is 0.238 e. The van der Waals surface area contributed by atoms with Crippen LogP contribution in [0.15, 0.2) is 0 Å². The minimum absolute atomic E-state index is 0.255. The molecule has 1 aliphatic rings. The maximum absolute atomic E-state index is 11.7. The number of nitrogens with zero attached hydrogens (tertiary/aromatic N) is 1. The number of carbonyl (C=O) groups excluding carboxylic acids is 1. The van der Waals surface area contributed by atoms with Crippen molar-refractivity contribution in [3.05, 3.63) is 0 Å². The predicted octanol–water partition coefficient (Wildman–Crippen LogP) is 1.35. The fourth-order valence-electron chi connectivity index (χ4n) is 2.91. The lowest BCUT2D eigenvalue weighted by atomic mass is 9.92. The lowest BCUT2D eigenvalue weighted by Gasteiger charge is -2.39. The molecule has 1 saturated heterocycles. The Kier molecular flexibility index (Phi) is 5.60. The molecule has 1 fully saturated rings. The Morgan fingerprint density at radius 1 is 1.56 bits per heavy atom. The molecule has 0 spiro atoms. The third-order valence-electron chi connectivity index (χ3n) is 3.87. The van der Waals surface area contributed by atoms with Crippen LogP contribution >= 0.6 is 0 Å². The summed E-state index contributed by atoms with van der Waals surface area (Å²) >= 11 is 0. The summed E-state index contributed by atoms with van der Waals surface area (Å²) in [5.74, 6) is 0.518. The summed E-state index contributed by atoms with van der Waals surface area (Å²) in [4.78, 5) is 14.1. The standard InChI is InChI=1S/C14H29N3O/c1-5-12-7-6-8-17(9-12)10-14(4,13(15)18)16-11(2)3/h11-12,16H,5-10H2,1-4H3,(H2,15,18). The Bertz CT molecular complexity index is 280. The monoisotopic (exact) mass is 255 g/mol. The number of primary amides is 1. The molecule has 1 aliphatic heterocycles. The molecule has 2 unspecified atom stereocenters. The van der Waals surface area contributed by atoms with Crippen molar-refractivity contribution < 1.29 is 4.79 Å². The van der Waals surface area contributed by atoms with Crippen molar-refractivity contribution in [2.45, 2.75) is 58.5 Å². The summed E-state index contributed by atoms with van der Waals surface area (Å²) in [5, 5.41) is 3.32. The number of carbonyl (C=O) groups is 1. The van der Waals surface area contributed by atoms with Crippen LogP contribution in [0.5, 0.6) is 0 Å². The van der Waals surface area contributed by atoms with Crippen LogP contribution in [0.2, 0.25) is 0 Å². The number of rotatable bonds is 6. The lowest BCUT2D eigenvalue weighted by Crippen LogP contribution is -2.62. The fraction of sp³-hybridized carbons (Fsp3) is 0.929. The molecule has 106 valence electrons. The second kappa shape index (κ2) is 6.53. The van der Waals surface area contributed by atoms with E-state index >= 15 is 0 Å². The van der Waals surface area contributed by atoms with Crippen LogP contribution in [0.25, 0.3) is 0 Å². The molecule has 0 aromatic heterocycles. The van der Waals surface area contributed by atoms with Crippen LogP contribution < -0.4 is 11.1 Å². The van der Waals surface area contributed by atoms with E-state index in [4.69, 9.17) is 5.73 Å². The number of likely N-dealkylation sites (tertiary alicyclic amines) is 1. The maximum atomic E-state index is 11.7. The zero-order chi connectivity index (χ0) is 13.8. The highest BCUT2D eigenvalue weighted by molar-refractivity contribution is 5.84. The quantitative estimate of drug-likeness (QED) is 0.753. The molecule has 1 rings (SSSR count). The first-order valence-electron chi connectivity index (χ1n) is 7.17. The lowest BCUT2D eigenvalue weighted by molar-refractivity contribution is -0.125. The van der Waals surface area contributed by atoms with Crippen LogP contribution in [0.4, 0.5) is 0 Å². The molecule has 0 aliphatic carbocycles. The number of amides is 1. The van der Waals surface area contributed by atoms with Crippen LogP contribution in [-0.4, -0.2) is 42.0 Å². The SMILES string of the molecule is CCC1CCCN(CC(C)(NC(C)C)C(N)=O)C1. The molecule has 1 heterocycles. The van der Waals surface area contributed by atoms with Gasteiger partial charge in [-0.1, -0.05) is 13.3 Å². The Hall–Kier alpha value is -0.610. The molecule has 0 saturated carbocycles. The molecule has 4 nitrogen and oxygen atoms in total. The third kappa shape index (κ3) is 4.25. The van der Waals surface area contributed by atoms with Crippen LogP contribution in [0.3, 0.4) is 0 Å². The minimum Gasteiger partial charge on any atom is -0.368 e. The Morgan fingerprint density at radius 3 is 2.72 bits per heavy atom. The van der Waals surface area contributed by atoms with Gasteiger partial charge in [-0.05, 0) is 46.1 Å². The normalized spacial score (nSPS) is 25.1. The minimum atomic E-state index is -0.621. The molecule has 2 atom stereocenters. The van der Waals surface area contributed by atoms with Crippen molar-refractivity contribution in [2.75, 3.05) is 19.6 Å². The Labute approximate surface area is 111 Å². The van der Waals surface area contributed by atoms with E-state index in [1.165, 1.54) is 19.3 Å². The maximum Gasteiger partial charge on any atom is 0.238 e. The van der Waals surface area contributed by atoms with Gasteiger partial charge >= 0.3 is 0 Å². The van der Waals surface area contributed by atoms with E-state index in [2.05, 4.69) is 17.1 Å². The number of nitrogens with two attached hydrogens (primary N) is 1. The Balaban J connectivity index is 2.63. The van der Waals surface area contributed by atoms with Gasteiger partial charge in [0.05, 0.1) is 0 Å². The number of piperidine rings is 1. The van der Waals surface area contributed by atoms with Gasteiger partial charge in [-0.15, -0.1) is 0 Å². The largest absolute Gasteiger partial charge is 0.368 e. The molecule has 0 radical (unpaired) electrons.